The summed E-state index contributed by atoms with van der Waals surface area (Å²) in [5.74, 6) is -0.552. The lowest BCUT2D eigenvalue weighted by Crippen LogP contribution is -2.25. The smallest absolute Gasteiger partial charge is 0.305 e. The van der Waals surface area contributed by atoms with E-state index >= 15 is 0 Å². The minimum atomic E-state index is -0.959. The summed E-state index contributed by atoms with van der Waals surface area (Å²) in [5, 5.41) is 10.1. The van der Waals surface area contributed by atoms with Gasteiger partial charge in [0.2, 0.25) is 0 Å². The minimum absolute atomic E-state index is 0.110. The number of unbranched alkanes of at least 4 members (excludes halogenated alkanes) is 33. The molecular formula is C47H90O5. The Kier molecular flexibility index (Phi) is 42.9. The zero-order valence-electron chi connectivity index (χ0n) is 35.1. The second-order valence-corrected chi connectivity index (χ2v) is 15.9. The van der Waals surface area contributed by atoms with Crippen LogP contribution in [0.4, 0.5) is 0 Å². The van der Waals surface area contributed by atoms with E-state index < -0.39 is 6.10 Å². The molecule has 1 atom stereocenters. The SMILES string of the molecule is CCCCCCCC/C=C\CCCCCCCCCCCC(=O)OC[C@H](O)COC(=O)CCCCCCCCCCCCCCCCCCCCC. The van der Waals surface area contributed by atoms with Crippen molar-refractivity contribution < 1.29 is 24.2 Å². The number of hydrogen-bond donors (Lipinski definition) is 1. The molecule has 0 bridgehead atoms. The third-order valence-electron chi connectivity index (χ3n) is 10.5. The van der Waals surface area contributed by atoms with Gasteiger partial charge in [0, 0.05) is 12.8 Å². The fourth-order valence-corrected chi connectivity index (χ4v) is 6.97. The van der Waals surface area contributed by atoms with Crippen LogP contribution in [0.25, 0.3) is 0 Å². The highest BCUT2D eigenvalue weighted by Crippen LogP contribution is 2.16. The van der Waals surface area contributed by atoms with Gasteiger partial charge in [0.15, 0.2) is 0 Å². The molecule has 0 radical (unpaired) electrons. The van der Waals surface area contributed by atoms with Crippen LogP contribution < -0.4 is 0 Å². The van der Waals surface area contributed by atoms with Crippen molar-refractivity contribution in [1.82, 2.24) is 0 Å². The summed E-state index contributed by atoms with van der Waals surface area (Å²) in [6.45, 7) is 4.34. The predicted octanol–water partition coefficient (Wildman–Crippen LogP) is 14.9. The second kappa shape index (κ2) is 44.0. The van der Waals surface area contributed by atoms with E-state index in [0.717, 1.165) is 32.1 Å². The summed E-state index contributed by atoms with van der Waals surface area (Å²) in [4.78, 5) is 24.0. The Morgan fingerprint density at radius 3 is 0.885 bits per heavy atom. The molecule has 1 N–H and O–H groups in total. The molecule has 52 heavy (non-hydrogen) atoms. The average Bonchev–Trinajstić information content (AvgIpc) is 3.15. The Bertz CT molecular complexity index is 750. The Morgan fingerprint density at radius 2 is 0.615 bits per heavy atom. The zero-order valence-corrected chi connectivity index (χ0v) is 35.1. The molecule has 5 heteroatoms. The van der Waals surface area contributed by atoms with Crippen molar-refractivity contribution in [3.8, 4) is 0 Å². The largest absolute Gasteiger partial charge is 0.463 e. The molecule has 0 saturated heterocycles. The van der Waals surface area contributed by atoms with Crippen LogP contribution in [0.5, 0.6) is 0 Å². The molecule has 0 aromatic heterocycles. The number of carbonyl (C=O) groups excluding carboxylic acids is 2. The van der Waals surface area contributed by atoms with Crippen molar-refractivity contribution in [2.24, 2.45) is 0 Å². The topological polar surface area (TPSA) is 72.8 Å². The zero-order chi connectivity index (χ0) is 37.8. The quantitative estimate of drug-likeness (QED) is 0.0383. The van der Waals surface area contributed by atoms with Crippen LogP contribution in [0.3, 0.4) is 0 Å². The number of carbonyl (C=O) groups is 2. The van der Waals surface area contributed by atoms with Crippen LogP contribution in [-0.2, 0) is 19.1 Å². The van der Waals surface area contributed by atoms with Gasteiger partial charge in [-0.2, -0.15) is 0 Å². The first-order valence-corrected chi connectivity index (χ1v) is 23.2. The maximum atomic E-state index is 12.0. The van der Waals surface area contributed by atoms with E-state index in [0.29, 0.717) is 12.8 Å². The molecule has 0 saturated carbocycles. The van der Waals surface area contributed by atoms with Gasteiger partial charge in [0.1, 0.15) is 19.3 Å². The van der Waals surface area contributed by atoms with E-state index in [-0.39, 0.29) is 25.2 Å². The molecule has 0 amide bonds. The number of allylic oxidation sites excluding steroid dienone is 2. The molecule has 0 spiro atoms. The highest BCUT2D eigenvalue weighted by Gasteiger charge is 2.12. The van der Waals surface area contributed by atoms with Crippen molar-refractivity contribution in [3.63, 3.8) is 0 Å². The Morgan fingerprint density at radius 1 is 0.385 bits per heavy atom. The van der Waals surface area contributed by atoms with Crippen molar-refractivity contribution in [3.05, 3.63) is 12.2 Å². The number of ether oxygens (including phenoxy) is 2. The fourth-order valence-electron chi connectivity index (χ4n) is 6.97. The van der Waals surface area contributed by atoms with Gasteiger partial charge in [-0.1, -0.05) is 219 Å². The molecule has 0 aromatic carbocycles. The predicted molar refractivity (Wildman–Crippen MR) is 224 cm³/mol. The maximum absolute atomic E-state index is 12.0. The van der Waals surface area contributed by atoms with Crippen molar-refractivity contribution >= 4 is 11.9 Å². The fraction of sp³-hybridized carbons (Fsp3) is 0.915. The third-order valence-corrected chi connectivity index (χ3v) is 10.5. The molecule has 0 heterocycles. The standard InChI is InChI=1S/C47H90O5/c1-3-5-7-9-11-13-15-17-19-21-23-25-27-29-31-33-35-37-39-41-46(49)51-43-45(48)44-52-47(50)42-40-38-36-34-32-30-28-26-24-22-20-18-16-14-12-10-8-6-4-2/h17,19,45,48H,3-16,18,20-44H2,1-2H3/b19-17-/t45-/m0/s1. The van der Waals surface area contributed by atoms with Crippen LogP contribution in [-0.4, -0.2) is 36.4 Å². The summed E-state index contributed by atoms with van der Waals surface area (Å²) >= 11 is 0. The van der Waals surface area contributed by atoms with Crippen molar-refractivity contribution in [2.45, 2.75) is 264 Å². The summed E-state index contributed by atoms with van der Waals surface area (Å²) in [6.07, 6.45) is 51.4. The van der Waals surface area contributed by atoms with Crippen LogP contribution in [0.1, 0.15) is 258 Å². The van der Waals surface area contributed by atoms with Gasteiger partial charge < -0.3 is 14.6 Å². The lowest BCUT2D eigenvalue weighted by Gasteiger charge is -2.12. The van der Waals surface area contributed by atoms with Crippen LogP contribution >= 0.6 is 0 Å². The monoisotopic (exact) mass is 735 g/mol. The van der Waals surface area contributed by atoms with Crippen LogP contribution in [0.15, 0.2) is 12.2 Å². The molecule has 5 nitrogen and oxygen atoms in total. The number of hydrogen-bond acceptors (Lipinski definition) is 5. The Hall–Kier alpha value is -1.36. The maximum Gasteiger partial charge on any atom is 0.305 e. The van der Waals surface area contributed by atoms with Gasteiger partial charge >= 0.3 is 11.9 Å². The van der Waals surface area contributed by atoms with Gasteiger partial charge in [-0.25, -0.2) is 0 Å². The van der Waals surface area contributed by atoms with E-state index in [9.17, 15) is 14.7 Å². The Balaban J connectivity index is 3.37. The van der Waals surface area contributed by atoms with Crippen LogP contribution in [0, 0.1) is 0 Å². The van der Waals surface area contributed by atoms with E-state index in [2.05, 4.69) is 26.0 Å². The van der Waals surface area contributed by atoms with Crippen LogP contribution in [0.2, 0.25) is 0 Å². The molecule has 0 aromatic rings. The summed E-state index contributed by atoms with van der Waals surface area (Å²) in [7, 11) is 0. The molecule has 0 fully saturated rings. The first-order valence-electron chi connectivity index (χ1n) is 23.2. The summed E-state index contributed by atoms with van der Waals surface area (Å²) in [5.41, 5.74) is 0. The molecule has 0 unspecified atom stereocenters. The second-order valence-electron chi connectivity index (χ2n) is 15.9. The molecule has 0 rings (SSSR count). The minimum Gasteiger partial charge on any atom is -0.463 e. The van der Waals surface area contributed by atoms with Gasteiger partial charge in [-0.15, -0.1) is 0 Å². The van der Waals surface area contributed by atoms with Crippen molar-refractivity contribution in [2.75, 3.05) is 13.2 Å². The van der Waals surface area contributed by atoms with Gasteiger partial charge in [0.25, 0.3) is 0 Å². The number of aliphatic hydroxyl groups is 1. The number of esters is 2. The van der Waals surface area contributed by atoms with Gasteiger partial charge in [0.05, 0.1) is 0 Å². The first kappa shape index (κ1) is 50.6. The normalized spacial score (nSPS) is 12.1. The number of aliphatic hydroxyl groups excluding tert-OH is 1. The van der Waals surface area contributed by atoms with Crippen molar-refractivity contribution in [1.29, 1.82) is 0 Å². The molecule has 0 aliphatic heterocycles. The van der Waals surface area contributed by atoms with E-state index in [4.69, 9.17) is 9.47 Å². The summed E-state index contributed by atoms with van der Waals surface area (Å²) in [6, 6.07) is 0. The van der Waals surface area contributed by atoms with Gasteiger partial charge in [-0.05, 0) is 38.5 Å². The number of rotatable bonds is 43. The highest BCUT2D eigenvalue weighted by molar-refractivity contribution is 5.69. The first-order chi connectivity index (χ1) is 25.6. The third kappa shape index (κ3) is 43.0. The van der Waals surface area contributed by atoms with Gasteiger partial charge in [-0.3, -0.25) is 9.59 Å². The molecule has 0 aliphatic rings. The van der Waals surface area contributed by atoms with E-state index in [1.807, 2.05) is 0 Å². The molecule has 308 valence electrons. The lowest BCUT2D eigenvalue weighted by molar-refractivity contribution is -0.152. The molecule has 0 aliphatic carbocycles. The highest BCUT2D eigenvalue weighted by atomic mass is 16.6. The van der Waals surface area contributed by atoms with E-state index in [1.165, 1.54) is 199 Å². The van der Waals surface area contributed by atoms with E-state index in [1.54, 1.807) is 0 Å². The Labute approximate surface area is 324 Å². The summed E-state index contributed by atoms with van der Waals surface area (Å²) < 4.78 is 10.4. The average molecular weight is 735 g/mol. The lowest BCUT2D eigenvalue weighted by atomic mass is 10.0. The molecular weight excluding hydrogens is 645 g/mol.